The minimum atomic E-state index is -0.0990. The van der Waals surface area contributed by atoms with Gasteiger partial charge < -0.3 is 14.3 Å². The topological polar surface area (TPSA) is 55.5 Å². The molecule has 0 aliphatic rings. The molecular formula is C15H13NO3. The van der Waals surface area contributed by atoms with Gasteiger partial charge in [-0.3, -0.25) is 4.98 Å². The zero-order chi connectivity index (χ0) is 13.1. The van der Waals surface area contributed by atoms with E-state index in [2.05, 4.69) is 4.98 Å². The minimum Gasteiger partial charge on any atom is -0.485 e. The summed E-state index contributed by atoms with van der Waals surface area (Å²) in [5.74, 6) is 2.00. The molecule has 1 aromatic carbocycles. The van der Waals surface area contributed by atoms with E-state index in [1.807, 2.05) is 30.3 Å². The summed E-state index contributed by atoms with van der Waals surface area (Å²) in [5.41, 5.74) is 0.899. The number of ether oxygens (including phenoxy) is 1. The summed E-state index contributed by atoms with van der Waals surface area (Å²) < 4.78 is 11.1. The first-order valence-electron chi connectivity index (χ1n) is 6.02. The summed E-state index contributed by atoms with van der Waals surface area (Å²) in [6.45, 7) is 0.228. The molecule has 0 saturated heterocycles. The average Bonchev–Trinajstić information content (AvgIpc) is 2.93. The fraction of sp³-hybridized carbons (Fsp3) is 0.133. The van der Waals surface area contributed by atoms with E-state index in [4.69, 9.17) is 14.3 Å². The third kappa shape index (κ3) is 2.44. The first-order valence-corrected chi connectivity index (χ1v) is 6.02. The van der Waals surface area contributed by atoms with Crippen LogP contribution in [0.1, 0.15) is 11.5 Å². The Morgan fingerprint density at radius 1 is 1.05 bits per heavy atom. The van der Waals surface area contributed by atoms with E-state index in [-0.39, 0.29) is 6.61 Å². The van der Waals surface area contributed by atoms with Crippen LogP contribution in [0.2, 0.25) is 0 Å². The van der Waals surface area contributed by atoms with Crippen molar-refractivity contribution in [3.63, 3.8) is 0 Å². The number of pyridine rings is 1. The van der Waals surface area contributed by atoms with Crippen LogP contribution in [0.25, 0.3) is 10.9 Å². The molecule has 0 atom stereocenters. The highest BCUT2D eigenvalue weighted by Crippen LogP contribution is 2.24. The van der Waals surface area contributed by atoms with Crippen molar-refractivity contribution in [3.05, 3.63) is 60.2 Å². The molecule has 0 aliphatic heterocycles. The number of benzene rings is 1. The first-order chi connectivity index (χ1) is 9.36. The summed E-state index contributed by atoms with van der Waals surface area (Å²) in [6, 6.07) is 13.1. The van der Waals surface area contributed by atoms with Crippen LogP contribution < -0.4 is 4.74 Å². The van der Waals surface area contributed by atoms with Gasteiger partial charge >= 0.3 is 0 Å². The molecule has 0 saturated carbocycles. The second-order valence-corrected chi connectivity index (χ2v) is 4.14. The molecule has 4 heteroatoms. The Morgan fingerprint density at radius 3 is 2.79 bits per heavy atom. The maximum atomic E-state index is 8.93. The fourth-order valence-electron chi connectivity index (χ4n) is 1.93. The number of hydrogen-bond donors (Lipinski definition) is 1. The van der Waals surface area contributed by atoms with E-state index < -0.39 is 0 Å². The molecule has 0 unspecified atom stereocenters. The quantitative estimate of drug-likeness (QED) is 0.778. The molecule has 0 radical (unpaired) electrons. The van der Waals surface area contributed by atoms with Crippen molar-refractivity contribution in [3.8, 4) is 5.75 Å². The first kappa shape index (κ1) is 11.7. The number of furan rings is 1. The van der Waals surface area contributed by atoms with Crippen LogP contribution in [0.15, 0.2) is 53.1 Å². The molecular weight excluding hydrogens is 242 g/mol. The van der Waals surface area contributed by atoms with E-state index in [9.17, 15) is 0 Å². The van der Waals surface area contributed by atoms with Crippen LogP contribution in [0.4, 0.5) is 0 Å². The van der Waals surface area contributed by atoms with Gasteiger partial charge in [-0.25, -0.2) is 0 Å². The number of rotatable bonds is 4. The van der Waals surface area contributed by atoms with E-state index >= 15 is 0 Å². The molecule has 19 heavy (non-hydrogen) atoms. The summed E-state index contributed by atoms with van der Waals surface area (Å²) >= 11 is 0. The molecule has 0 aliphatic carbocycles. The summed E-state index contributed by atoms with van der Waals surface area (Å²) in [5, 5.41) is 9.91. The molecule has 1 N–H and O–H groups in total. The Kier molecular flexibility index (Phi) is 3.16. The van der Waals surface area contributed by atoms with Crippen molar-refractivity contribution >= 4 is 10.9 Å². The van der Waals surface area contributed by atoms with Crippen molar-refractivity contribution in [2.75, 3.05) is 0 Å². The van der Waals surface area contributed by atoms with Gasteiger partial charge in [-0.2, -0.15) is 0 Å². The van der Waals surface area contributed by atoms with Crippen LogP contribution in [0.3, 0.4) is 0 Å². The van der Waals surface area contributed by atoms with Gasteiger partial charge in [0.05, 0.1) is 5.52 Å². The number of fused-ring (bicyclic) bond motifs is 1. The van der Waals surface area contributed by atoms with E-state index in [0.29, 0.717) is 18.1 Å². The van der Waals surface area contributed by atoms with Gasteiger partial charge in [-0.1, -0.05) is 6.07 Å². The highest BCUT2D eigenvalue weighted by Gasteiger charge is 2.05. The molecule has 0 amide bonds. The van der Waals surface area contributed by atoms with E-state index in [1.54, 1.807) is 18.3 Å². The lowest BCUT2D eigenvalue weighted by Crippen LogP contribution is -1.94. The lowest BCUT2D eigenvalue weighted by atomic mass is 10.2. The van der Waals surface area contributed by atoms with Gasteiger partial charge in [0.2, 0.25) is 0 Å². The number of nitrogens with zero attached hydrogens (tertiary/aromatic N) is 1. The van der Waals surface area contributed by atoms with Crippen LogP contribution in [0, 0.1) is 0 Å². The number of aromatic nitrogens is 1. The van der Waals surface area contributed by atoms with Gasteiger partial charge in [0, 0.05) is 11.6 Å². The Hall–Kier alpha value is -2.33. The molecule has 4 nitrogen and oxygen atoms in total. The molecule has 2 aromatic heterocycles. The zero-order valence-electron chi connectivity index (χ0n) is 10.2. The van der Waals surface area contributed by atoms with Crippen LogP contribution in [-0.2, 0) is 13.2 Å². The molecule has 3 aromatic rings. The Balaban J connectivity index is 1.81. The molecule has 0 fully saturated rings. The van der Waals surface area contributed by atoms with E-state index in [1.165, 1.54) is 0 Å². The normalized spacial score (nSPS) is 10.8. The van der Waals surface area contributed by atoms with Gasteiger partial charge in [0.25, 0.3) is 0 Å². The van der Waals surface area contributed by atoms with Gasteiger partial charge in [-0.05, 0) is 36.4 Å². The second kappa shape index (κ2) is 5.12. The van der Waals surface area contributed by atoms with E-state index in [0.717, 1.165) is 16.7 Å². The Bertz CT molecular complexity index is 685. The van der Waals surface area contributed by atoms with Crippen molar-refractivity contribution < 1.29 is 14.3 Å². The standard InChI is InChI=1S/C15H13NO3/c17-9-11-6-7-12(19-11)10-18-15-5-1-4-14-13(15)3-2-8-16-14/h1-8,17H,9-10H2. The number of hydrogen-bond acceptors (Lipinski definition) is 4. The van der Waals surface area contributed by atoms with Crippen molar-refractivity contribution in [2.45, 2.75) is 13.2 Å². The van der Waals surface area contributed by atoms with Gasteiger partial charge in [0.1, 0.15) is 30.5 Å². The average molecular weight is 255 g/mol. The SMILES string of the molecule is OCc1ccc(COc2cccc3ncccc23)o1. The largest absolute Gasteiger partial charge is 0.485 e. The smallest absolute Gasteiger partial charge is 0.146 e. The lowest BCUT2D eigenvalue weighted by Gasteiger charge is -2.07. The Morgan fingerprint density at radius 2 is 1.95 bits per heavy atom. The van der Waals surface area contributed by atoms with Crippen LogP contribution in [0.5, 0.6) is 5.75 Å². The van der Waals surface area contributed by atoms with Crippen LogP contribution in [-0.4, -0.2) is 10.1 Å². The number of aliphatic hydroxyl groups is 1. The summed E-state index contributed by atoms with van der Waals surface area (Å²) in [7, 11) is 0. The molecule has 0 bridgehead atoms. The number of aliphatic hydroxyl groups excluding tert-OH is 1. The maximum Gasteiger partial charge on any atom is 0.146 e. The predicted octanol–water partition coefficient (Wildman–Crippen LogP) is 2.90. The van der Waals surface area contributed by atoms with Gasteiger partial charge in [0.15, 0.2) is 0 Å². The predicted molar refractivity (Wildman–Crippen MR) is 70.7 cm³/mol. The molecule has 3 rings (SSSR count). The summed E-state index contributed by atoms with van der Waals surface area (Å²) in [4.78, 5) is 4.28. The highest BCUT2D eigenvalue weighted by molar-refractivity contribution is 5.84. The molecule has 2 heterocycles. The Labute approximate surface area is 110 Å². The lowest BCUT2D eigenvalue weighted by molar-refractivity contribution is 0.225. The second-order valence-electron chi connectivity index (χ2n) is 4.14. The van der Waals surface area contributed by atoms with Crippen LogP contribution >= 0.6 is 0 Å². The fourth-order valence-corrected chi connectivity index (χ4v) is 1.93. The van der Waals surface area contributed by atoms with Crippen molar-refractivity contribution in [1.82, 2.24) is 4.98 Å². The third-order valence-corrected chi connectivity index (χ3v) is 2.85. The van der Waals surface area contributed by atoms with Gasteiger partial charge in [-0.15, -0.1) is 0 Å². The molecule has 0 spiro atoms. The van der Waals surface area contributed by atoms with Crippen molar-refractivity contribution in [1.29, 1.82) is 0 Å². The molecule has 96 valence electrons. The maximum absolute atomic E-state index is 8.93. The highest BCUT2D eigenvalue weighted by atomic mass is 16.5. The van der Waals surface area contributed by atoms with Crippen molar-refractivity contribution in [2.24, 2.45) is 0 Å². The zero-order valence-corrected chi connectivity index (χ0v) is 10.2. The third-order valence-electron chi connectivity index (χ3n) is 2.85. The monoisotopic (exact) mass is 255 g/mol. The summed E-state index contributed by atoms with van der Waals surface area (Å²) in [6.07, 6.45) is 1.76. The minimum absolute atomic E-state index is 0.0990.